The topological polar surface area (TPSA) is 139 Å². The van der Waals surface area contributed by atoms with Crippen LogP contribution in [0.3, 0.4) is 0 Å². The fraction of sp³-hybridized carbons (Fsp3) is 0.250. The van der Waals surface area contributed by atoms with Gasteiger partial charge in [-0.05, 0) is 44.0 Å². The molecule has 0 aliphatic heterocycles. The van der Waals surface area contributed by atoms with Crippen LogP contribution < -0.4 is 0 Å². The maximum Gasteiger partial charge on any atom is 0.454 e. The Morgan fingerprint density at radius 3 is 2.42 bits per heavy atom. The molecule has 33 heavy (non-hydrogen) atoms. The van der Waals surface area contributed by atoms with Gasteiger partial charge in [0.05, 0.1) is 23.6 Å². The molecular weight excluding hydrogens is 466 g/mol. The highest BCUT2D eigenvalue weighted by molar-refractivity contribution is 7.57. The minimum absolute atomic E-state index is 0.0230. The van der Waals surface area contributed by atoms with Crippen LogP contribution in [0.1, 0.15) is 44.8 Å². The number of carbonyl (C=O) groups is 2. The van der Waals surface area contributed by atoms with Gasteiger partial charge in [-0.3, -0.25) is 14.2 Å². The summed E-state index contributed by atoms with van der Waals surface area (Å²) in [5.41, 5.74) is -0.857. The number of aromatic hydroxyl groups is 1. The van der Waals surface area contributed by atoms with Crippen molar-refractivity contribution in [3.05, 3.63) is 58.0 Å². The summed E-state index contributed by atoms with van der Waals surface area (Å²) in [5, 5.41) is 18.1. The van der Waals surface area contributed by atoms with E-state index >= 15 is 0 Å². The second-order valence-electron chi connectivity index (χ2n) is 6.98. The molecule has 3 rings (SSSR count). The Labute approximate surface area is 185 Å². The number of benzene rings is 1. The molecule has 0 saturated heterocycles. The molecular formula is C20H17F3N3O6P. The van der Waals surface area contributed by atoms with Gasteiger partial charge in [0.25, 0.3) is 5.78 Å². The highest BCUT2D eigenvalue weighted by Crippen LogP contribution is 2.56. The van der Waals surface area contributed by atoms with Gasteiger partial charge in [0.1, 0.15) is 5.75 Å². The summed E-state index contributed by atoms with van der Waals surface area (Å²) in [7, 11) is -4.11. The van der Waals surface area contributed by atoms with E-state index in [9.17, 15) is 37.3 Å². The first-order valence-corrected chi connectivity index (χ1v) is 11.0. The summed E-state index contributed by atoms with van der Waals surface area (Å²) < 4.78 is 55.0. The van der Waals surface area contributed by atoms with Crippen LogP contribution in [0.25, 0.3) is 0 Å². The summed E-state index contributed by atoms with van der Waals surface area (Å²) >= 11 is 0. The van der Waals surface area contributed by atoms with Crippen molar-refractivity contribution in [2.45, 2.75) is 32.5 Å². The van der Waals surface area contributed by atoms with Gasteiger partial charge in [0.2, 0.25) is 0 Å². The third kappa shape index (κ3) is 5.41. The number of alkyl halides is 3. The molecule has 1 aliphatic rings. The van der Waals surface area contributed by atoms with E-state index in [0.29, 0.717) is 19.1 Å². The highest BCUT2D eigenvalue weighted by Gasteiger charge is 2.39. The lowest BCUT2D eigenvalue weighted by Crippen LogP contribution is -2.22. The van der Waals surface area contributed by atoms with Gasteiger partial charge < -0.3 is 14.5 Å². The second kappa shape index (κ2) is 9.34. The molecule has 13 heteroatoms. The molecule has 0 saturated carbocycles. The smallest absolute Gasteiger partial charge is 0.454 e. The van der Waals surface area contributed by atoms with E-state index in [0.717, 1.165) is 24.3 Å². The van der Waals surface area contributed by atoms with Gasteiger partial charge in [-0.2, -0.15) is 13.2 Å². The molecule has 0 fully saturated rings. The molecule has 9 nitrogen and oxygen atoms in total. The number of ketones is 1. The highest BCUT2D eigenvalue weighted by atomic mass is 31.2. The molecule has 1 atom stereocenters. The minimum Gasteiger partial charge on any atom is -0.505 e. The maximum absolute atomic E-state index is 12.5. The average Bonchev–Trinajstić information content (AvgIpc) is 2.70. The summed E-state index contributed by atoms with van der Waals surface area (Å²) in [6.07, 6.45) is -2.11. The second-order valence-corrected chi connectivity index (χ2v) is 8.85. The number of aromatic nitrogens is 1. The zero-order valence-electron chi connectivity index (χ0n) is 17.0. The van der Waals surface area contributed by atoms with Crippen molar-refractivity contribution in [2.24, 2.45) is 10.2 Å². The van der Waals surface area contributed by atoms with Gasteiger partial charge in [-0.25, -0.2) is 4.98 Å². The van der Waals surface area contributed by atoms with Gasteiger partial charge in [0.15, 0.2) is 12.1 Å². The molecule has 0 radical (unpaired) electrons. The van der Waals surface area contributed by atoms with Crippen molar-refractivity contribution in [2.75, 3.05) is 0 Å². The van der Waals surface area contributed by atoms with E-state index < -0.39 is 37.5 Å². The number of aldehydes is 1. The van der Waals surface area contributed by atoms with Crippen molar-refractivity contribution in [1.82, 2.24) is 4.98 Å². The minimum atomic E-state index is -5.02. The van der Waals surface area contributed by atoms with E-state index in [1.807, 2.05) is 0 Å². The quantitative estimate of drug-likeness (QED) is 0.220. The number of Topliss-reactive ketones (excluding diaryl/α,β-unsaturated/α-hetero) is 1. The van der Waals surface area contributed by atoms with Crippen LogP contribution in [0.15, 0.2) is 45.9 Å². The fourth-order valence-electron chi connectivity index (χ4n) is 2.80. The number of carbonyl (C=O) groups excluding carboxylic acids is 2. The van der Waals surface area contributed by atoms with E-state index in [4.69, 9.17) is 4.52 Å². The SMILES string of the molecule is Cc1nc(N=Nc2ccc(C(=O)C(F)(F)F)cc2)c(COP(=O)(O)C2=CCC2)c(C=O)c1O. The van der Waals surface area contributed by atoms with E-state index in [-0.39, 0.29) is 33.6 Å². The van der Waals surface area contributed by atoms with Crippen LogP contribution in [0.5, 0.6) is 5.75 Å². The number of pyridine rings is 1. The lowest BCUT2D eigenvalue weighted by Gasteiger charge is -2.21. The number of hydrogen-bond donors (Lipinski definition) is 2. The number of nitrogens with zero attached hydrogens (tertiary/aromatic N) is 3. The number of hydrogen-bond acceptors (Lipinski definition) is 8. The van der Waals surface area contributed by atoms with Crippen molar-refractivity contribution in [1.29, 1.82) is 0 Å². The van der Waals surface area contributed by atoms with Crippen molar-refractivity contribution in [3.8, 4) is 5.75 Å². The maximum atomic E-state index is 12.5. The summed E-state index contributed by atoms with van der Waals surface area (Å²) in [6, 6.07) is 4.10. The molecule has 2 aromatic rings. The fourth-order valence-corrected chi connectivity index (χ4v) is 4.04. The van der Waals surface area contributed by atoms with Gasteiger partial charge in [-0.1, -0.05) is 6.08 Å². The lowest BCUT2D eigenvalue weighted by molar-refractivity contribution is -0.0885. The molecule has 174 valence electrons. The Hall–Kier alpha value is -3.21. The van der Waals surface area contributed by atoms with E-state index in [2.05, 4.69) is 15.2 Å². The number of halogens is 3. The van der Waals surface area contributed by atoms with Crippen LogP contribution in [-0.2, 0) is 15.7 Å². The molecule has 1 heterocycles. The zero-order valence-corrected chi connectivity index (χ0v) is 17.9. The predicted molar refractivity (Wildman–Crippen MR) is 109 cm³/mol. The summed E-state index contributed by atoms with van der Waals surface area (Å²) in [5.74, 6) is -2.68. The first-order chi connectivity index (χ1) is 15.4. The average molecular weight is 483 g/mol. The summed E-state index contributed by atoms with van der Waals surface area (Å²) in [4.78, 5) is 36.9. The zero-order chi connectivity index (χ0) is 24.4. The van der Waals surface area contributed by atoms with Crippen molar-refractivity contribution < 1.29 is 41.8 Å². The number of allylic oxidation sites excluding steroid dienone is 2. The number of azo groups is 1. The largest absolute Gasteiger partial charge is 0.505 e. The van der Waals surface area contributed by atoms with Crippen molar-refractivity contribution >= 4 is 31.2 Å². The van der Waals surface area contributed by atoms with Crippen LogP contribution in [0, 0.1) is 6.92 Å². The van der Waals surface area contributed by atoms with Gasteiger partial charge in [0, 0.05) is 16.4 Å². The summed E-state index contributed by atoms with van der Waals surface area (Å²) in [6.45, 7) is 0.799. The van der Waals surface area contributed by atoms with Gasteiger partial charge in [-0.15, -0.1) is 10.2 Å². The Morgan fingerprint density at radius 2 is 1.91 bits per heavy atom. The standard InChI is InChI=1S/C20H17F3N3O6P/c1-11-17(28)15(9-27)16(10-32-33(30,31)14-3-2-4-14)19(24-11)26-25-13-7-5-12(6-8-13)18(29)20(21,22)23/h3,5-9,28H,2,4,10H2,1H3,(H,30,31). The van der Waals surface area contributed by atoms with Crippen LogP contribution in [0.4, 0.5) is 24.7 Å². The Kier molecular flexibility index (Phi) is 6.92. The molecule has 1 aliphatic carbocycles. The van der Waals surface area contributed by atoms with Gasteiger partial charge >= 0.3 is 13.8 Å². The lowest BCUT2D eigenvalue weighted by atomic mass is 10.1. The third-order valence-corrected chi connectivity index (χ3v) is 6.37. The van der Waals surface area contributed by atoms with E-state index in [1.54, 1.807) is 6.08 Å². The molecule has 0 bridgehead atoms. The molecule has 0 amide bonds. The third-order valence-electron chi connectivity index (χ3n) is 4.76. The Bertz CT molecular complexity index is 1210. The molecule has 2 N–H and O–H groups in total. The monoisotopic (exact) mass is 483 g/mol. The van der Waals surface area contributed by atoms with Crippen LogP contribution in [-0.4, -0.2) is 33.2 Å². The number of rotatable bonds is 8. The molecule has 1 aromatic carbocycles. The molecule has 1 aromatic heterocycles. The first kappa shape index (κ1) is 24.4. The predicted octanol–water partition coefficient (Wildman–Crippen LogP) is 5.45. The number of aryl methyl sites for hydroxylation is 1. The molecule has 0 spiro atoms. The van der Waals surface area contributed by atoms with Crippen LogP contribution >= 0.6 is 7.60 Å². The van der Waals surface area contributed by atoms with E-state index in [1.165, 1.54) is 6.92 Å². The normalized spacial score (nSPS) is 15.6. The first-order valence-electron chi connectivity index (χ1n) is 9.42. The Balaban J connectivity index is 1.91. The Morgan fingerprint density at radius 1 is 1.27 bits per heavy atom. The van der Waals surface area contributed by atoms with Crippen molar-refractivity contribution in [3.63, 3.8) is 0 Å². The molecule has 1 unspecified atom stereocenters. The van der Waals surface area contributed by atoms with Crippen LogP contribution in [0.2, 0.25) is 0 Å².